The summed E-state index contributed by atoms with van der Waals surface area (Å²) in [5.41, 5.74) is 5.23. The Labute approximate surface area is 150 Å². The molecule has 134 valence electrons. The number of benzene rings is 1. The van der Waals surface area contributed by atoms with Crippen molar-refractivity contribution in [1.29, 1.82) is 0 Å². The van der Waals surface area contributed by atoms with Gasteiger partial charge in [-0.2, -0.15) is 0 Å². The number of aromatic nitrogens is 1. The van der Waals surface area contributed by atoms with Gasteiger partial charge in [0.05, 0.1) is 12.3 Å². The van der Waals surface area contributed by atoms with Gasteiger partial charge in [0.2, 0.25) is 0 Å². The van der Waals surface area contributed by atoms with E-state index in [0.717, 1.165) is 41.0 Å². The third-order valence-corrected chi connectivity index (χ3v) is 4.36. The van der Waals surface area contributed by atoms with Gasteiger partial charge in [-0.05, 0) is 50.8 Å². The molecular weight excluding hydrogens is 312 g/mol. The molecule has 1 amide bonds. The molecule has 2 aromatic rings. The maximum absolute atomic E-state index is 13.0. The van der Waals surface area contributed by atoms with Gasteiger partial charge >= 0.3 is 0 Å². The molecule has 0 fully saturated rings. The third kappa shape index (κ3) is 4.59. The second kappa shape index (κ2) is 8.65. The number of rotatable bonds is 7. The van der Waals surface area contributed by atoms with E-state index in [4.69, 9.17) is 4.74 Å². The highest BCUT2D eigenvalue weighted by atomic mass is 16.5. The number of ether oxygens (including phenoxy) is 1. The monoisotopic (exact) mass is 340 g/mol. The Balaban J connectivity index is 2.37. The first-order valence-electron chi connectivity index (χ1n) is 8.98. The molecule has 0 spiro atoms. The number of anilines is 1. The summed E-state index contributed by atoms with van der Waals surface area (Å²) in [6, 6.07) is 7.76. The van der Waals surface area contributed by atoms with Gasteiger partial charge in [0, 0.05) is 17.4 Å². The first-order chi connectivity index (χ1) is 12.0. The van der Waals surface area contributed by atoms with Crippen LogP contribution in [0, 0.1) is 20.8 Å². The zero-order valence-corrected chi connectivity index (χ0v) is 15.9. The Hall–Kier alpha value is -2.36. The van der Waals surface area contributed by atoms with Crippen LogP contribution in [0.4, 0.5) is 5.69 Å². The summed E-state index contributed by atoms with van der Waals surface area (Å²) in [4.78, 5) is 17.5. The van der Waals surface area contributed by atoms with Crippen molar-refractivity contribution in [3.8, 4) is 5.75 Å². The molecule has 1 aromatic heterocycles. The Morgan fingerprint density at radius 2 is 1.96 bits per heavy atom. The Morgan fingerprint density at radius 1 is 1.20 bits per heavy atom. The van der Waals surface area contributed by atoms with Crippen LogP contribution in [0.1, 0.15) is 59.6 Å². The number of nitrogens with zero attached hydrogens (tertiary/aromatic N) is 1. The van der Waals surface area contributed by atoms with Gasteiger partial charge in [-0.1, -0.05) is 32.4 Å². The predicted octanol–water partition coefficient (Wildman–Crippen LogP) is 5.00. The van der Waals surface area contributed by atoms with Crippen LogP contribution in [0.15, 0.2) is 24.3 Å². The van der Waals surface area contributed by atoms with E-state index in [1.807, 2.05) is 52.0 Å². The van der Waals surface area contributed by atoms with E-state index >= 15 is 0 Å². The highest BCUT2D eigenvalue weighted by molar-refractivity contribution is 6.07. The predicted molar refractivity (Wildman–Crippen MR) is 103 cm³/mol. The third-order valence-electron chi connectivity index (χ3n) is 4.36. The van der Waals surface area contributed by atoms with Crippen molar-refractivity contribution in [3.63, 3.8) is 0 Å². The van der Waals surface area contributed by atoms with Crippen molar-refractivity contribution in [3.05, 3.63) is 52.3 Å². The van der Waals surface area contributed by atoms with Gasteiger partial charge in [0.1, 0.15) is 11.3 Å². The normalized spacial score (nSPS) is 10.6. The molecule has 0 bridgehead atoms. The van der Waals surface area contributed by atoms with Gasteiger partial charge in [-0.25, -0.2) is 0 Å². The number of hydrogen-bond donors (Lipinski definition) is 1. The van der Waals surface area contributed by atoms with Crippen LogP contribution in [-0.2, 0) is 6.42 Å². The van der Waals surface area contributed by atoms with Gasteiger partial charge in [0.15, 0.2) is 0 Å². The fourth-order valence-corrected chi connectivity index (χ4v) is 2.72. The number of carbonyl (C=O) groups excluding carboxylic acids is 1. The smallest absolute Gasteiger partial charge is 0.261 e. The van der Waals surface area contributed by atoms with Crippen LogP contribution in [0.5, 0.6) is 5.75 Å². The molecule has 2 rings (SSSR count). The first-order valence-corrected chi connectivity index (χ1v) is 8.98. The highest BCUT2D eigenvalue weighted by Gasteiger charge is 2.20. The van der Waals surface area contributed by atoms with Crippen molar-refractivity contribution in [2.75, 3.05) is 11.9 Å². The fourth-order valence-electron chi connectivity index (χ4n) is 2.72. The summed E-state index contributed by atoms with van der Waals surface area (Å²) in [7, 11) is 0. The number of amides is 1. The summed E-state index contributed by atoms with van der Waals surface area (Å²) >= 11 is 0. The second-order valence-electron chi connectivity index (χ2n) is 6.34. The largest absolute Gasteiger partial charge is 0.493 e. The summed E-state index contributed by atoms with van der Waals surface area (Å²) < 4.78 is 5.91. The molecule has 0 atom stereocenters. The molecule has 0 unspecified atom stereocenters. The summed E-state index contributed by atoms with van der Waals surface area (Å²) in [5, 5.41) is 3.03. The standard InChI is InChI=1S/C21H28N2O2/c1-6-8-12-25-19-13-15(4)22-17(7-2)20(19)21(24)23-18-11-9-10-14(3)16(18)5/h9-11,13H,6-8,12H2,1-5H3,(H,23,24). The lowest BCUT2D eigenvalue weighted by atomic mass is 10.1. The molecule has 4 nitrogen and oxygen atoms in total. The van der Waals surface area contributed by atoms with Crippen molar-refractivity contribution >= 4 is 11.6 Å². The van der Waals surface area contributed by atoms with Crippen molar-refractivity contribution in [2.24, 2.45) is 0 Å². The molecule has 0 saturated heterocycles. The molecule has 0 radical (unpaired) electrons. The first kappa shape index (κ1) is 19.0. The van der Waals surface area contributed by atoms with Crippen LogP contribution < -0.4 is 10.1 Å². The summed E-state index contributed by atoms with van der Waals surface area (Å²) in [6.45, 7) is 10.7. The lowest BCUT2D eigenvalue weighted by Gasteiger charge is -2.16. The Bertz CT molecular complexity index is 754. The van der Waals surface area contributed by atoms with Gasteiger partial charge in [0.25, 0.3) is 5.91 Å². The minimum absolute atomic E-state index is 0.162. The summed E-state index contributed by atoms with van der Waals surface area (Å²) in [6.07, 6.45) is 2.69. The van der Waals surface area contributed by atoms with Crippen molar-refractivity contribution in [2.45, 2.75) is 53.9 Å². The van der Waals surface area contributed by atoms with Gasteiger partial charge in [-0.3, -0.25) is 9.78 Å². The maximum atomic E-state index is 13.0. The number of unbranched alkanes of at least 4 members (excludes halogenated alkanes) is 1. The molecule has 1 heterocycles. The fraction of sp³-hybridized carbons (Fsp3) is 0.429. The minimum Gasteiger partial charge on any atom is -0.493 e. The molecule has 0 aliphatic rings. The molecule has 25 heavy (non-hydrogen) atoms. The topological polar surface area (TPSA) is 51.2 Å². The Kier molecular flexibility index (Phi) is 6.57. The van der Waals surface area contributed by atoms with E-state index in [-0.39, 0.29) is 5.91 Å². The number of hydrogen-bond acceptors (Lipinski definition) is 3. The molecule has 4 heteroatoms. The van der Waals surface area contributed by atoms with E-state index in [9.17, 15) is 4.79 Å². The van der Waals surface area contributed by atoms with E-state index in [1.54, 1.807) is 0 Å². The summed E-state index contributed by atoms with van der Waals surface area (Å²) in [5.74, 6) is 0.463. The van der Waals surface area contributed by atoms with E-state index in [0.29, 0.717) is 24.3 Å². The van der Waals surface area contributed by atoms with Crippen LogP contribution >= 0.6 is 0 Å². The number of nitrogens with one attached hydrogen (secondary N) is 1. The quantitative estimate of drug-likeness (QED) is 0.722. The van der Waals surface area contributed by atoms with E-state index in [1.165, 1.54) is 0 Å². The van der Waals surface area contributed by atoms with E-state index < -0.39 is 0 Å². The average Bonchev–Trinajstić information content (AvgIpc) is 2.58. The van der Waals surface area contributed by atoms with Gasteiger partial charge < -0.3 is 10.1 Å². The molecule has 0 saturated carbocycles. The molecular formula is C21H28N2O2. The minimum atomic E-state index is -0.162. The lowest BCUT2D eigenvalue weighted by molar-refractivity contribution is 0.102. The molecule has 1 N–H and O–H groups in total. The molecule has 1 aromatic carbocycles. The lowest BCUT2D eigenvalue weighted by Crippen LogP contribution is -2.18. The molecule has 0 aliphatic carbocycles. The van der Waals surface area contributed by atoms with Crippen LogP contribution in [0.2, 0.25) is 0 Å². The number of pyridine rings is 1. The second-order valence-corrected chi connectivity index (χ2v) is 6.34. The van der Waals surface area contributed by atoms with Crippen LogP contribution in [0.3, 0.4) is 0 Å². The van der Waals surface area contributed by atoms with Crippen LogP contribution in [0.25, 0.3) is 0 Å². The zero-order valence-electron chi connectivity index (χ0n) is 15.9. The number of aryl methyl sites for hydroxylation is 3. The van der Waals surface area contributed by atoms with Crippen LogP contribution in [-0.4, -0.2) is 17.5 Å². The van der Waals surface area contributed by atoms with E-state index in [2.05, 4.69) is 17.2 Å². The van der Waals surface area contributed by atoms with Crippen molar-refractivity contribution in [1.82, 2.24) is 4.98 Å². The Morgan fingerprint density at radius 3 is 2.64 bits per heavy atom. The van der Waals surface area contributed by atoms with Crippen molar-refractivity contribution < 1.29 is 9.53 Å². The highest BCUT2D eigenvalue weighted by Crippen LogP contribution is 2.26. The SMILES string of the molecule is CCCCOc1cc(C)nc(CC)c1C(=O)Nc1cccc(C)c1C. The molecule has 0 aliphatic heterocycles. The van der Waals surface area contributed by atoms with Gasteiger partial charge in [-0.15, -0.1) is 0 Å². The number of carbonyl (C=O) groups is 1. The zero-order chi connectivity index (χ0) is 18.4. The maximum Gasteiger partial charge on any atom is 0.261 e. The average molecular weight is 340 g/mol.